The molecule has 7 nitrogen and oxygen atoms in total. The molecule has 8 heteroatoms. The summed E-state index contributed by atoms with van der Waals surface area (Å²) in [7, 11) is -2.27. The highest BCUT2D eigenvalue weighted by molar-refractivity contribution is 7.89. The Labute approximate surface area is 118 Å². The number of nitrogens with zero attached hydrogens (tertiary/aromatic N) is 1. The van der Waals surface area contributed by atoms with Gasteiger partial charge in [-0.15, -0.1) is 0 Å². The summed E-state index contributed by atoms with van der Waals surface area (Å²) in [6.45, 7) is 6.71. The summed E-state index contributed by atoms with van der Waals surface area (Å²) in [5, 5.41) is 13.7. The van der Waals surface area contributed by atoms with E-state index in [0.717, 1.165) is 6.07 Å². The fourth-order valence-electron chi connectivity index (χ4n) is 1.78. The van der Waals surface area contributed by atoms with Crippen molar-refractivity contribution in [1.29, 1.82) is 0 Å². The first kappa shape index (κ1) is 16.4. The van der Waals surface area contributed by atoms with E-state index < -0.39 is 20.5 Å². The van der Waals surface area contributed by atoms with Crippen LogP contribution in [0.5, 0.6) is 0 Å². The highest BCUT2D eigenvalue weighted by atomic mass is 32.2. The maximum Gasteiger partial charge on any atom is 0.293 e. The smallest absolute Gasteiger partial charge is 0.293 e. The third-order valence-corrected chi connectivity index (χ3v) is 4.39. The molecule has 0 aliphatic carbocycles. The maximum atomic E-state index is 12.3. The number of nitro benzene ring substituents is 1. The topological polar surface area (TPSA) is 101 Å². The van der Waals surface area contributed by atoms with Crippen LogP contribution in [0.4, 0.5) is 11.4 Å². The molecule has 1 aromatic rings. The van der Waals surface area contributed by atoms with Gasteiger partial charge in [0.05, 0.1) is 9.82 Å². The first-order valence-corrected chi connectivity index (χ1v) is 7.47. The molecule has 20 heavy (non-hydrogen) atoms. The molecule has 0 bridgehead atoms. The average Bonchev–Trinajstić information content (AvgIpc) is 2.24. The number of hydrogen-bond donors (Lipinski definition) is 2. The summed E-state index contributed by atoms with van der Waals surface area (Å²) in [6, 6.07) is 2.53. The van der Waals surface area contributed by atoms with E-state index in [1.807, 2.05) is 0 Å². The Balaban J connectivity index is 3.47. The molecule has 0 saturated carbocycles. The number of aryl methyl sites for hydroxylation is 1. The second kappa shape index (κ2) is 5.37. The zero-order valence-electron chi connectivity index (χ0n) is 12.1. The highest BCUT2D eigenvalue weighted by Crippen LogP contribution is 2.30. The van der Waals surface area contributed by atoms with E-state index in [1.54, 1.807) is 34.7 Å². The second-order valence-electron chi connectivity index (χ2n) is 5.50. The fourth-order valence-corrected chi connectivity index (χ4v) is 3.44. The normalized spacial score (nSPS) is 12.2. The van der Waals surface area contributed by atoms with Crippen LogP contribution in [0, 0.1) is 17.0 Å². The van der Waals surface area contributed by atoms with Gasteiger partial charge in [-0.1, -0.05) is 0 Å². The lowest BCUT2D eigenvalue weighted by atomic mass is 10.1. The molecule has 0 unspecified atom stereocenters. The van der Waals surface area contributed by atoms with E-state index in [2.05, 4.69) is 10.0 Å². The zero-order valence-corrected chi connectivity index (χ0v) is 13.0. The minimum Gasteiger partial charge on any atom is -0.383 e. The molecule has 1 rings (SSSR count). The van der Waals surface area contributed by atoms with Crippen molar-refractivity contribution in [3.8, 4) is 0 Å². The van der Waals surface area contributed by atoms with Crippen molar-refractivity contribution in [2.45, 2.75) is 38.1 Å². The van der Waals surface area contributed by atoms with Gasteiger partial charge in [-0.3, -0.25) is 10.1 Å². The summed E-state index contributed by atoms with van der Waals surface area (Å²) in [6.07, 6.45) is 0. The summed E-state index contributed by atoms with van der Waals surface area (Å²) in [5.74, 6) is 0. The molecule has 0 spiro atoms. The number of benzene rings is 1. The van der Waals surface area contributed by atoms with Gasteiger partial charge in [0.25, 0.3) is 5.69 Å². The van der Waals surface area contributed by atoms with Crippen LogP contribution in [0.15, 0.2) is 17.0 Å². The minimum atomic E-state index is -3.81. The van der Waals surface area contributed by atoms with Crippen molar-refractivity contribution >= 4 is 21.4 Å². The van der Waals surface area contributed by atoms with E-state index in [1.165, 1.54) is 6.07 Å². The van der Waals surface area contributed by atoms with Crippen LogP contribution in [0.3, 0.4) is 0 Å². The predicted molar refractivity (Wildman–Crippen MR) is 77.5 cm³/mol. The molecule has 0 aliphatic heterocycles. The van der Waals surface area contributed by atoms with Crippen molar-refractivity contribution in [2.75, 3.05) is 12.4 Å². The molecule has 0 fully saturated rings. The molecule has 2 N–H and O–H groups in total. The lowest BCUT2D eigenvalue weighted by molar-refractivity contribution is -0.384. The molecular weight excluding hydrogens is 282 g/mol. The van der Waals surface area contributed by atoms with E-state index in [-0.39, 0.29) is 16.3 Å². The molecule has 0 heterocycles. The van der Waals surface area contributed by atoms with E-state index in [9.17, 15) is 18.5 Å². The maximum absolute atomic E-state index is 12.3. The Morgan fingerprint density at radius 1 is 1.25 bits per heavy atom. The SMILES string of the molecule is CNc1cc(C)c(S(=O)(=O)NC(C)(C)C)cc1[N+](=O)[O-]. The summed E-state index contributed by atoms with van der Waals surface area (Å²) in [5.41, 5.74) is -0.215. The van der Waals surface area contributed by atoms with E-state index >= 15 is 0 Å². The minimum absolute atomic E-state index is 0.0851. The molecule has 0 aliphatic rings. The van der Waals surface area contributed by atoms with Crippen LogP contribution >= 0.6 is 0 Å². The Hall–Kier alpha value is -1.67. The largest absolute Gasteiger partial charge is 0.383 e. The van der Waals surface area contributed by atoms with Gasteiger partial charge in [0, 0.05) is 18.7 Å². The molecule has 1 aromatic carbocycles. The molecular formula is C12H19N3O4S. The number of anilines is 1. The summed E-state index contributed by atoms with van der Waals surface area (Å²) in [4.78, 5) is 10.3. The standard InChI is InChI=1S/C12H19N3O4S/c1-8-6-9(13-5)10(15(16)17)7-11(8)20(18,19)14-12(2,3)4/h6-7,13-14H,1-5H3. The molecule has 0 radical (unpaired) electrons. The van der Waals surface area contributed by atoms with Crippen LogP contribution in [-0.2, 0) is 10.0 Å². The molecule has 0 atom stereocenters. The molecule has 0 saturated heterocycles. The number of nitrogens with one attached hydrogen (secondary N) is 2. The van der Waals surface area contributed by atoms with Gasteiger partial charge in [0.2, 0.25) is 10.0 Å². The number of nitro groups is 1. The summed E-state index contributed by atoms with van der Waals surface area (Å²) >= 11 is 0. The average molecular weight is 301 g/mol. The van der Waals surface area contributed by atoms with Crippen molar-refractivity contribution in [1.82, 2.24) is 4.72 Å². The van der Waals surface area contributed by atoms with Crippen LogP contribution in [0.2, 0.25) is 0 Å². The predicted octanol–water partition coefficient (Wildman–Crippen LogP) is 2.02. The Bertz CT molecular complexity index is 633. The Kier molecular flexibility index (Phi) is 4.40. The van der Waals surface area contributed by atoms with E-state index in [4.69, 9.17) is 0 Å². The fraction of sp³-hybridized carbons (Fsp3) is 0.500. The third-order valence-electron chi connectivity index (χ3n) is 2.49. The van der Waals surface area contributed by atoms with Crippen molar-refractivity contribution in [2.24, 2.45) is 0 Å². The first-order chi connectivity index (χ1) is 8.98. The molecule has 112 valence electrons. The lowest BCUT2D eigenvalue weighted by Crippen LogP contribution is -2.40. The number of hydrogen-bond acceptors (Lipinski definition) is 5. The van der Waals surface area contributed by atoms with Crippen molar-refractivity contribution in [3.63, 3.8) is 0 Å². The first-order valence-electron chi connectivity index (χ1n) is 5.99. The lowest BCUT2D eigenvalue weighted by Gasteiger charge is -2.21. The van der Waals surface area contributed by atoms with Crippen molar-refractivity contribution in [3.05, 3.63) is 27.8 Å². The van der Waals surface area contributed by atoms with Gasteiger partial charge >= 0.3 is 0 Å². The van der Waals surface area contributed by atoms with Crippen LogP contribution in [0.1, 0.15) is 26.3 Å². The van der Waals surface area contributed by atoms with Gasteiger partial charge in [-0.05, 0) is 39.3 Å². The quantitative estimate of drug-likeness (QED) is 0.654. The molecule has 0 aromatic heterocycles. The van der Waals surface area contributed by atoms with Gasteiger partial charge in [0.1, 0.15) is 5.69 Å². The zero-order chi connectivity index (χ0) is 15.7. The Morgan fingerprint density at radius 2 is 1.80 bits per heavy atom. The highest BCUT2D eigenvalue weighted by Gasteiger charge is 2.27. The second-order valence-corrected chi connectivity index (χ2v) is 7.15. The van der Waals surface area contributed by atoms with Gasteiger partial charge in [-0.25, -0.2) is 13.1 Å². The van der Waals surface area contributed by atoms with E-state index in [0.29, 0.717) is 5.56 Å². The van der Waals surface area contributed by atoms with Crippen LogP contribution in [-0.4, -0.2) is 25.9 Å². The monoisotopic (exact) mass is 301 g/mol. The number of sulfonamides is 1. The van der Waals surface area contributed by atoms with Gasteiger partial charge < -0.3 is 5.32 Å². The van der Waals surface area contributed by atoms with Gasteiger partial charge in [-0.2, -0.15) is 0 Å². The van der Waals surface area contributed by atoms with Gasteiger partial charge in [0.15, 0.2) is 0 Å². The molecule has 0 amide bonds. The Morgan fingerprint density at radius 3 is 2.20 bits per heavy atom. The third kappa shape index (κ3) is 3.67. The number of rotatable bonds is 4. The van der Waals surface area contributed by atoms with Crippen molar-refractivity contribution < 1.29 is 13.3 Å². The van der Waals surface area contributed by atoms with Crippen LogP contribution in [0.25, 0.3) is 0 Å². The van der Waals surface area contributed by atoms with Crippen LogP contribution < -0.4 is 10.0 Å². The summed E-state index contributed by atoms with van der Waals surface area (Å²) < 4.78 is 27.1.